The van der Waals surface area contributed by atoms with Gasteiger partial charge in [-0.2, -0.15) is 0 Å². The summed E-state index contributed by atoms with van der Waals surface area (Å²) >= 11 is 4.96. The van der Waals surface area contributed by atoms with Gasteiger partial charge in [0.15, 0.2) is 0 Å². The predicted molar refractivity (Wildman–Crippen MR) is 97.7 cm³/mol. The number of hydrogen-bond acceptors (Lipinski definition) is 3. The standard InChI is InChI=1S/C17H15BrN2O2S/c18-13-7-5-12(6-8-13)10-23-11-17(22)20-9-16(21)19-14-3-1-2-4-15(14)20/h1-8H,9-11H2,(H,19,21). The average molecular weight is 391 g/mol. The summed E-state index contributed by atoms with van der Waals surface area (Å²) < 4.78 is 1.04. The van der Waals surface area contributed by atoms with Gasteiger partial charge in [0.1, 0.15) is 6.54 Å². The molecule has 3 rings (SSSR count). The summed E-state index contributed by atoms with van der Waals surface area (Å²) in [5.41, 5.74) is 2.62. The van der Waals surface area contributed by atoms with Crippen LogP contribution >= 0.6 is 27.7 Å². The highest BCUT2D eigenvalue weighted by Crippen LogP contribution is 2.29. The second-order valence-electron chi connectivity index (χ2n) is 5.16. The Kier molecular flexibility index (Phi) is 5.03. The molecule has 1 heterocycles. The Balaban J connectivity index is 1.62. The van der Waals surface area contributed by atoms with Crippen molar-refractivity contribution in [1.82, 2.24) is 0 Å². The number of fused-ring (bicyclic) bond motifs is 1. The number of nitrogens with zero attached hydrogens (tertiary/aromatic N) is 1. The summed E-state index contributed by atoms with van der Waals surface area (Å²) in [7, 11) is 0. The topological polar surface area (TPSA) is 49.4 Å². The lowest BCUT2D eigenvalue weighted by molar-refractivity contribution is -0.120. The fourth-order valence-corrected chi connectivity index (χ4v) is 3.50. The maximum Gasteiger partial charge on any atom is 0.244 e. The van der Waals surface area contributed by atoms with Crippen molar-refractivity contribution < 1.29 is 9.59 Å². The van der Waals surface area contributed by atoms with Crippen molar-refractivity contribution in [3.8, 4) is 0 Å². The van der Waals surface area contributed by atoms with Gasteiger partial charge >= 0.3 is 0 Å². The van der Waals surface area contributed by atoms with Crippen molar-refractivity contribution >= 4 is 50.9 Å². The van der Waals surface area contributed by atoms with Crippen LogP contribution in [0.4, 0.5) is 11.4 Å². The third-order valence-electron chi connectivity index (χ3n) is 3.48. The molecule has 6 heteroatoms. The van der Waals surface area contributed by atoms with E-state index in [1.54, 1.807) is 16.7 Å². The largest absolute Gasteiger partial charge is 0.323 e. The first-order valence-corrected chi connectivity index (χ1v) is 9.10. The lowest BCUT2D eigenvalue weighted by Gasteiger charge is -2.29. The van der Waals surface area contributed by atoms with Crippen LogP contribution in [0, 0.1) is 0 Å². The zero-order valence-corrected chi connectivity index (χ0v) is 14.7. The molecule has 0 saturated heterocycles. The van der Waals surface area contributed by atoms with Crippen molar-refractivity contribution in [3.05, 3.63) is 58.6 Å². The molecule has 2 aromatic carbocycles. The maximum atomic E-state index is 12.5. The average Bonchev–Trinajstić information content (AvgIpc) is 2.55. The van der Waals surface area contributed by atoms with E-state index in [1.165, 1.54) is 5.56 Å². The van der Waals surface area contributed by atoms with Crippen molar-refractivity contribution in [1.29, 1.82) is 0 Å². The molecule has 0 unspecified atom stereocenters. The summed E-state index contributed by atoms with van der Waals surface area (Å²) in [6, 6.07) is 15.4. The van der Waals surface area contributed by atoms with E-state index in [0.717, 1.165) is 15.9 Å². The number of amides is 2. The minimum Gasteiger partial charge on any atom is -0.323 e. The molecule has 4 nitrogen and oxygen atoms in total. The second-order valence-corrected chi connectivity index (χ2v) is 7.07. The highest BCUT2D eigenvalue weighted by molar-refractivity contribution is 9.10. The van der Waals surface area contributed by atoms with Crippen LogP contribution in [0.15, 0.2) is 53.0 Å². The molecule has 0 bridgehead atoms. The van der Waals surface area contributed by atoms with Gasteiger partial charge in [0.25, 0.3) is 0 Å². The molecule has 0 saturated carbocycles. The molecule has 0 atom stereocenters. The van der Waals surface area contributed by atoms with Crippen LogP contribution in [0.25, 0.3) is 0 Å². The van der Waals surface area contributed by atoms with Crippen molar-refractivity contribution in [2.45, 2.75) is 5.75 Å². The first-order valence-electron chi connectivity index (χ1n) is 7.15. The first kappa shape index (κ1) is 16.1. The third kappa shape index (κ3) is 3.95. The monoisotopic (exact) mass is 390 g/mol. The van der Waals surface area contributed by atoms with E-state index < -0.39 is 0 Å². The number of para-hydroxylation sites is 2. The van der Waals surface area contributed by atoms with E-state index in [9.17, 15) is 9.59 Å². The molecule has 0 radical (unpaired) electrons. The normalized spacial score (nSPS) is 13.4. The predicted octanol–water partition coefficient (Wildman–Crippen LogP) is 3.67. The van der Waals surface area contributed by atoms with Crippen LogP contribution in [0.1, 0.15) is 5.56 Å². The highest BCUT2D eigenvalue weighted by atomic mass is 79.9. The quantitative estimate of drug-likeness (QED) is 0.866. The van der Waals surface area contributed by atoms with Gasteiger partial charge in [-0.1, -0.05) is 40.2 Å². The lowest BCUT2D eigenvalue weighted by atomic mass is 10.2. The maximum absolute atomic E-state index is 12.5. The molecule has 1 aliphatic heterocycles. The Morgan fingerprint density at radius 3 is 2.70 bits per heavy atom. The summed E-state index contributed by atoms with van der Waals surface area (Å²) in [4.78, 5) is 25.8. The van der Waals surface area contributed by atoms with Crippen LogP contribution in [-0.2, 0) is 15.3 Å². The Morgan fingerprint density at radius 1 is 1.17 bits per heavy atom. The van der Waals surface area contributed by atoms with Crippen LogP contribution in [0.3, 0.4) is 0 Å². The van der Waals surface area contributed by atoms with E-state index in [2.05, 4.69) is 21.2 Å². The molecule has 0 aliphatic carbocycles. The zero-order chi connectivity index (χ0) is 16.2. The fraction of sp³-hybridized carbons (Fsp3) is 0.176. The molecule has 0 spiro atoms. The smallest absolute Gasteiger partial charge is 0.244 e. The van der Waals surface area contributed by atoms with E-state index in [4.69, 9.17) is 0 Å². The molecule has 118 valence electrons. The second kappa shape index (κ2) is 7.19. The molecule has 1 N–H and O–H groups in total. The van der Waals surface area contributed by atoms with Crippen LogP contribution in [0.5, 0.6) is 0 Å². The van der Waals surface area contributed by atoms with Gasteiger partial charge < -0.3 is 10.2 Å². The minimum atomic E-state index is -0.157. The highest BCUT2D eigenvalue weighted by Gasteiger charge is 2.26. The molecule has 1 aliphatic rings. The first-order chi connectivity index (χ1) is 11.1. The number of benzene rings is 2. The van der Waals surface area contributed by atoms with Gasteiger partial charge in [0, 0.05) is 10.2 Å². The molecule has 2 amide bonds. The molecular formula is C17H15BrN2O2S. The molecule has 0 fully saturated rings. The Hall–Kier alpha value is -1.79. The van der Waals surface area contributed by atoms with Crippen molar-refractivity contribution in [2.24, 2.45) is 0 Å². The van der Waals surface area contributed by atoms with Crippen molar-refractivity contribution in [3.63, 3.8) is 0 Å². The Labute approximate surface area is 147 Å². The zero-order valence-electron chi connectivity index (χ0n) is 12.3. The number of carbonyl (C=O) groups excluding carboxylic acids is 2. The van der Waals surface area contributed by atoms with Gasteiger partial charge in [-0.05, 0) is 29.8 Å². The van der Waals surface area contributed by atoms with Gasteiger partial charge in [0.05, 0.1) is 17.1 Å². The van der Waals surface area contributed by atoms with Crippen LogP contribution < -0.4 is 10.2 Å². The van der Waals surface area contributed by atoms with Gasteiger partial charge in [-0.15, -0.1) is 11.8 Å². The number of rotatable bonds is 4. The molecule has 23 heavy (non-hydrogen) atoms. The number of halogens is 1. The Bertz CT molecular complexity index is 734. The molecule has 0 aromatic heterocycles. The molecule has 2 aromatic rings. The summed E-state index contributed by atoms with van der Waals surface area (Å²) in [6.45, 7) is 0.0781. The summed E-state index contributed by atoms with van der Waals surface area (Å²) in [5.74, 6) is 0.905. The SMILES string of the molecule is O=C1CN(C(=O)CSCc2ccc(Br)cc2)c2ccccc2N1. The van der Waals surface area contributed by atoms with Gasteiger partial charge in [-0.3, -0.25) is 9.59 Å². The summed E-state index contributed by atoms with van der Waals surface area (Å²) in [5, 5.41) is 2.79. The van der Waals surface area contributed by atoms with Crippen LogP contribution in [-0.4, -0.2) is 24.1 Å². The fourth-order valence-electron chi connectivity index (χ4n) is 2.37. The number of anilines is 2. The molecular weight excluding hydrogens is 376 g/mol. The van der Waals surface area contributed by atoms with E-state index in [1.807, 2.05) is 48.5 Å². The number of nitrogens with one attached hydrogen (secondary N) is 1. The summed E-state index contributed by atoms with van der Waals surface area (Å²) in [6.07, 6.45) is 0. The lowest BCUT2D eigenvalue weighted by Crippen LogP contribution is -2.43. The number of thioether (sulfide) groups is 1. The minimum absolute atomic E-state index is 0.0468. The van der Waals surface area contributed by atoms with E-state index in [0.29, 0.717) is 11.4 Å². The van der Waals surface area contributed by atoms with E-state index in [-0.39, 0.29) is 18.4 Å². The Morgan fingerprint density at radius 2 is 1.91 bits per heavy atom. The van der Waals surface area contributed by atoms with Gasteiger partial charge in [0.2, 0.25) is 11.8 Å². The van der Waals surface area contributed by atoms with Crippen molar-refractivity contribution in [2.75, 3.05) is 22.5 Å². The van der Waals surface area contributed by atoms with Gasteiger partial charge in [-0.25, -0.2) is 0 Å². The van der Waals surface area contributed by atoms with E-state index >= 15 is 0 Å². The van der Waals surface area contributed by atoms with Crippen LogP contribution in [0.2, 0.25) is 0 Å². The number of hydrogen-bond donors (Lipinski definition) is 1. The third-order valence-corrected chi connectivity index (χ3v) is 5.00. The number of carbonyl (C=O) groups is 2.